The first-order chi connectivity index (χ1) is 23.5. The number of fused-ring (bicyclic) bond motifs is 7. The van der Waals surface area contributed by atoms with Crippen molar-refractivity contribution in [2.75, 3.05) is 37.6 Å². The van der Waals surface area contributed by atoms with Crippen LogP contribution in [0.5, 0.6) is 0 Å². The van der Waals surface area contributed by atoms with E-state index >= 15 is 0 Å². The lowest BCUT2D eigenvalue weighted by Crippen LogP contribution is -2.37. The van der Waals surface area contributed by atoms with Gasteiger partial charge in [-0.25, -0.2) is 9.78 Å². The highest BCUT2D eigenvalue weighted by Crippen LogP contribution is 2.49. The third-order valence-electron chi connectivity index (χ3n) is 11.7. The summed E-state index contributed by atoms with van der Waals surface area (Å²) in [4.78, 5) is 22.7. The molecule has 3 aromatic carbocycles. The van der Waals surface area contributed by atoms with E-state index in [0.29, 0.717) is 17.4 Å². The van der Waals surface area contributed by atoms with E-state index in [1.54, 1.807) is 0 Å². The van der Waals surface area contributed by atoms with E-state index in [0.717, 1.165) is 42.9 Å². The average molecular weight is 641 g/mol. The topological polar surface area (TPSA) is 61.6 Å². The van der Waals surface area contributed by atoms with Gasteiger partial charge in [0.25, 0.3) is 0 Å². The molecule has 1 N–H and O–H groups in total. The van der Waals surface area contributed by atoms with Crippen LogP contribution in [-0.4, -0.2) is 58.3 Å². The number of hydrogen-bond acceptors (Lipinski definition) is 4. The minimum atomic E-state index is -0.863. The van der Waals surface area contributed by atoms with Gasteiger partial charge in [-0.2, -0.15) is 0 Å². The molecular weight excluding hydrogens is 592 g/mol. The van der Waals surface area contributed by atoms with Crippen molar-refractivity contribution in [2.24, 2.45) is 5.92 Å². The molecule has 0 radical (unpaired) electrons. The summed E-state index contributed by atoms with van der Waals surface area (Å²) in [5, 5.41) is 12.4. The summed E-state index contributed by atoms with van der Waals surface area (Å²) in [5.74, 6) is 0.325. The Morgan fingerprint density at radius 1 is 0.875 bits per heavy atom. The second-order valence-corrected chi connectivity index (χ2v) is 14.5. The Hall–Kier alpha value is -4.16. The molecule has 8 rings (SSSR count). The van der Waals surface area contributed by atoms with Gasteiger partial charge >= 0.3 is 5.97 Å². The summed E-state index contributed by atoms with van der Waals surface area (Å²) in [7, 11) is 0. The highest BCUT2D eigenvalue weighted by molar-refractivity contribution is 6.05. The van der Waals surface area contributed by atoms with Gasteiger partial charge in [0, 0.05) is 53.6 Å². The molecule has 48 heavy (non-hydrogen) atoms. The minimum absolute atomic E-state index is 0.364. The molecule has 0 bridgehead atoms. The molecule has 2 aliphatic heterocycles. The molecule has 2 aromatic heterocycles. The maximum atomic E-state index is 12.2. The van der Waals surface area contributed by atoms with E-state index in [9.17, 15) is 9.90 Å². The molecule has 248 valence electrons. The monoisotopic (exact) mass is 640 g/mol. The molecule has 0 amide bonds. The van der Waals surface area contributed by atoms with Crippen LogP contribution < -0.4 is 4.90 Å². The van der Waals surface area contributed by atoms with Crippen LogP contribution in [0.25, 0.3) is 44.3 Å². The number of carboxylic acid groups (broad SMARTS) is 1. The first-order valence-electron chi connectivity index (χ1n) is 18.4. The summed E-state index contributed by atoms with van der Waals surface area (Å²) in [5.41, 5.74) is 11.2. The number of anilines is 1. The van der Waals surface area contributed by atoms with E-state index in [1.807, 2.05) is 12.1 Å². The first-order valence-corrected chi connectivity index (χ1v) is 18.4. The number of aromatic carboxylic acids is 1. The maximum Gasteiger partial charge on any atom is 0.335 e. The van der Waals surface area contributed by atoms with Crippen molar-refractivity contribution in [1.82, 2.24) is 14.5 Å². The van der Waals surface area contributed by atoms with Crippen molar-refractivity contribution in [3.8, 4) is 22.5 Å². The smallest absolute Gasteiger partial charge is 0.335 e. The van der Waals surface area contributed by atoms with E-state index < -0.39 is 5.97 Å². The van der Waals surface area contributed by atoms with Gasteiger partial charge in [0.2, 0.25) is 0 Å². The summed E-state index contributed by atoms with van der Waals surface area (Å²) >= 11 is 0. The fraction of sp³-hybridized carbons (Fsp3) is 0.429. The number of benzene rings is 3. The van der Waals surface area contributed by atoms with E-state index in [-0.39, 0.29) is 0 Å². The standard InChI is InChI=1S/C42H48N4O2/c1-3-44-22-9-11-29(27-44)21-23-45-24-25-46-38-26-31(42(47)48)15-16-34(38)39(30-12-5-4-6-13-30)41(46)35-18-20-37-33(40(35)45)17-19-36(43-37)32-14-8-7-10-28(32)2/h7-8,10,14-20,26,29-30H,3-6,9,11-13,21-25,27H2,1-2H3,(H,47,48). The molecule has 0 spiro atoms. The van der Waals surface area contributed by atoms with E-state index in [4.69, 9.17) is 4.98 Å². The van der Waals surface area contributed by atoms with Crippen molar-refractivity contribution >= 4 is 33.5 Å². The quantitative estimate of drug-likeness (QED) is 0.192. The van der Waals surface area contributed by atoms with Gasteiger partial charge < -0.3 is 19.5 Å². The number of likely N-dealkylation sites (tertiary alicyclic amines) is 1. The van der Waals surface area contributed by atoms with Crippen LogP contribution in [0, 0.1) is 12.8 Å². The van der Waals surface area contributed by atoms with Crippen molar-refractivity contribution in [2.45, 2.75) is 77.7 Å². The van der Waals surface area contributed by atoms with Gasteiger partial charge in [-0.05, 0) is 111 Å². The van der Waals surface area contributed by atoms with E-state index in [1.165, 1.54) is 109 Å². The Morgan fingerprint density at radius 3 is 2.52 bits per heavy atom. The summed E-state index contributed by atoms with van der Waals surface area (Å²) in [6.45, 7) is 10.7. The lowest BCUT2D eigenvalue weighted by atomic mass is 9.81. The van der Waals surface area contributed by atoms with E-state index in [2.05, 4.69) is 82.8 Å². The fourth-order valence-electron chi connectivity index (χ4n) is 9.14. The van der Waals surface area contributed by atoms with Gasteiger partial charge in [-0.3, -0.25) is 0 Å². The number of aryl methyl sites for hydroxylation is 1. The molecule has 3 aliphatic rings. The number of hydrogen-bond donors (Lipinski definition) is 1. The number of rotatable bonds is 7. The van der Waals surface area contributed by atoms with Crippen LogP contribution in [0.3, 0.4) is 0 Å². The Balaban J connectivity index is 1.31. The number of aromatic nitrogens is 2. The molecule has 2 fully saturated rings. The number of nitrogens with zero attached hydrogens (tertiary/aromatic N) is 4. The molecule has 1 atom stereocenters. The number of pyridine rings is 1. The molecule has 6 heteroatoms. The predicted molar refractivity (Wildman–Crippen MR) is 197 cm³/mol. The molecular formula is C42H48N4O2. The Labute approximate surface area is 284 Å². The normalized spacial score (nSPS) is 19.0. The molecule has 6 nitrogen and oxygen atoms in total. The van der Waals surface area contributed by atoms with Crippen molar-refractivity contribution in [3.63, 3.8) is 0 Å². The largest absolute Gasteiger partial charge is 0.478 e. The van der Waals surface area contributed by atoms with Crippen LogP contribution in [0.1, 0.15) is 85.7 Å². The van der Waals surface area contributed by atoms with Crippen LogP contribution >= 0.6 is 0 Å². The Kier molecular flexibility index (Phi) is 8.46. The lowest BCUT2D eigenvalue weighted by molar-refractivity contribution is 0.0697. The van der Waals surface area contributed by atoms with Gasteiger partial charge in [0.15, 0.2) is 0 Å². The number of carboxylic acids is 1. The fourth-order valence-corrected chi connectivity index (χ4v) is 9.14. The summed E-state index contributed by atoms with van der Waals surface area (Å²) in [6, 6.07) is 23.4. The van der Waals surface area contributed by atoms with Gasteiger partial charge in [0.05, 0.1) is 28.2 Å². The second kappa shape index (κ2) is 13.0. The summed E-state index contributed by atoms with van der Waals surface area (Å²) in [6.07, 6.45) is 9.96. The van der Waals surface area contributed by atoms with Crippen molar-refractivity contribution in [3.05, 3.63) is 83.4 Å². The lowest BCUT2D eigenvalue weighted by Gasteiger charge is -2.34. The van der Waals surface area contributed by atoms with Crippen molar-refractivity contribution < 1.29 is 9.90 Å². The van der Waals surface area contributed by atoms with Crippen molar-refractivity contribution in [1.29, 1.82) is 0 Å². The van der Waals surface area contributed by atoms with Crippen LogP contribution in [-0.2, 0) is 6.54 Å². The summed E-state index contributed by atoms with van der Waals surface area (Å²) < 4.78 is 2.48. The minimum Gasteiger partial charge on any atom is -0.478 e. The van der Waals surface area contributed by atoms with Crippen LogP contribution in [0.4, 0.5) is 5.69 Å². The average Bonchev–Trinajstić information content (AvgIpc) is 3.35. The maximum absolute atomic E-state index is 12.2. The van der Waals surface area contributed by atoms with Gasteiger partial charge in [0.1, 0.15) is 0 Å². The molecule has 4 heterocycles. The third kappa shape index (κ3) is 5.58. The molecule has 1 saturated heterocycles. The zero-order valence-corrected chi connectivity index (χ0v) is 28.5. The number of piperidine rings is 1. The molecule has 1 unspecified atom stereocenters. The molecule has 1 saturated carbocycles. The van der Waals surface area contributed by atoms with Gasteiger partial charge in [-0.15, -0.1) is 0 Å². The Morgan fingerprint density at radius 2 is 1.71 bits per heavy atom. The highest BCUT2D eigenvalue weighted by atomic mass is 16.4. The Bertz CT molecular complexity index is 1990. The molecule has 1 aliphatic carbocycles. The SMILES string of the molecule is CCN1CCCC(CCN2CCn3c(c(C4CCCCC4)c4ccc(C(=O)O)cc43)-c3ccc4nc(-c5ccccc5C)ccc4c32)C1. The number of carbonyl (C=O) groups is 1. The van der Waals surface area contributed by atoms with Crippen LogP contribution in [0.2, 0.25) is 0 Å². The van der Waals surface area contributed by atoms with Gasteiger partial charge in [-0.1, -0.05) is 56.5 Å². The van der Waals surface area contributed by atoms with Crippen LogP contribution in [0.15, 0.2) is 66.7 Å². The first kappa shape index (κ1) is 31.1. The zero-order chi connectivity index (χ0) is 32.8. The highest BCUT2D eigenvalue weighted by Gasteiger charge is 2.32. The zero-order valence-electron chi connectivity index (χ0n) is 28.5. The third-order valence-corrected chi connectivity index (χ3v) is 11.7. The molecule has 5 aromatic rings. The predicted octanol–water partition coefficient (Wildman–Crippen LogP) is 9.52. The second-order valence-electron chi connectivity index (χ2n) is 14.5.